The maximum atomic E-state index is 11.8. The predicted molar refractivity (Wildman–Crippen MR) is 76.8 cm³/mol. The molecule has 0 aliphatic heterocycles. The van der Waals surface area contributed by atoms with Crippen LogP contribution >= 0.6 is 0 Å². The Morgan fingerprint density at radius 1 is 1.32 bits per heavy atom. The summed E-state index contributed by atoms with van der Waals surface area (Å²) in [6.07, 6.45) is 5.42. The number of hydrogen-bond acceptors (Lipinski definition) is 3. The molecule has 1 unspecified atom stereocenters. The van der Waals surface area contributed by atoms with Crippen LogP contribution in [0.2, 0.25) is 0 Å². The summed E-state index contributed by atoms with van der Waals surface area (Å²) in [6.45, 7) is 2.65. The van der Waals surface area contributed by atoms with Gasteiger partial charge in [0.05, 0.1) is 13.0 Å². The zero-order valence-corrected chi connectivity index (χ0v) is 11.6. The van der Waals surface area contributed by atoms with Crippen LogP contribution in [0.25, 0.3) is 0 Å². The molecule has 0 spiro atoms. The van der Waals surface area contributed by atoms with E-state index in [9.17, 15) is 4.79 Å². The molecule has 1 aliphatic rings. The summed E-state index contributed by atoms with van der Waals surface area (Å²) in [4.78, 5) is 11.8. The lowest BCUT2D eigenvalue weighted by atomic mass is 9.98. The van der Waals surface area contributed by atoms with Crippen LogP contribution in [0.15, 0.2) is 24.3 Å². The van der Waals surface area contributed by atoms with Gasteiger partial charge in [-0.1, -0.05) is 31.9 Å². The summed E-state index contributed by atoms with van der Waals surface area (Å²) in [6, 6.07) is 7.69. The molecule has 1 fully saturated rings. The van der Waals surface area contributed by atoms with Crippen molar-refractivity contribution in [2.45, 2.75) is 44.9 Å². The van der Waals surface area contributed by atoms with Crippen molar-refractivity contribution in [3.63, 3.8) is 0 Å². The molecule has 2 rings (SSSR count). The Morgan fingerprint density at radius 3 is 2.58 bits per heavy atom. The van der Waals surface area contributed by atoms with Crippen molar-refractivity contribution >= 4 is 11.7 Å². The number of rotatable bonds is 5. The van der Waals surface area contributed by atoms with Crippen LogP contribution in [0, 0.1) is 5.92 Å². The zero-order chi connectivity index (χ0) is 13.7. The van der Waals surface area contributed by atoms with Crippen molar-refractivity contribution in [2.24, 2.45) is 5.92 Å². The Bertz CT molecular complexity index is 407. The highest BCUT2D eigenvalue weighted by atomic mass is 16.5. The molecule has 19 heavy (non-hydrogen) atoms. The van der Waals surface area contributed by atoms with Gasteiger partial charge in [0.1, 0.15) is 0 Å². The van der Waals surface area contributed by atoms with Gasteiger partial charge in [0, 0.05) is 5.69 Å². The Morgan fingerprint density at radius 2 is 1.95 bits per heavy atom. The van der Waals surface area contributed by atoms with Gasteiger partial charge in [-0.25, -0.2) is 0 Å². The Balaban J connectivity index is 1.76. The minimum absolute atomic E-state index is 0.0868. The summed E-state index contributed by atoms with van der Waals surface area (Å²) >= 11 is 0. The second-order valence-electron chi connectivity index (χ2n) is 5.61. The number of carbonyl (C=O) groups excluding carboxylic acids is 1. The lowest BCUT2D eigenvalue weighted by molar-refractivity contribution is -0.145. The van der Waals surface area contributed by atoms with Crippen LogP contribution in [0.1, 0.15) is 50.5 Å². The van der Waals surface area contributed by atoms with Crippen LogP contribution in [-0.2, 0) is 9.53 Å². The molecule has 104 valence electrons. The summed E-state index contributed by atoms with van der Waals surface area (Å²) < 4.78 is 5.38. The fourth-order valence-corrected chi connectivity index (χ4v) is 2.64. The Labute approximate surface area is 115 Å². The third kappa shape index (κ3) is 4.27. The van der Waals surface area contributed by atoms with Gasteiger partial charge in [0.25, 0.3) is 0 Å². The lowest BCUT2D eigenvalue weighted by Crippen LogP contribution is -2.13. The molecule has 2 N–H and O–H groups in total. The van der Waals surface area contributed by atoms with Crippen LogP contribution < -0.4 is 5.73 Å². The summed E-state index contributed by atoms with van der Waals surface area (Å²) in [5.41, 5.74) is 7.54. The lowest BCUT2D eigenvalue weighted by Gasteiger charge is -2.14. The second-order valence-corrected chi connectivity index (χ2v) is 5.61. The standard InChI is InChI=1S/C16H23NO2/c1-12(14-6-8-15(17)9-7-14)10-16(18)19-11-13-4-2-3-5-13/h6-9,12-13H,2-5,10-11,17H2,1H3. The average Bonchev–Trinajstić information content (AvgIpc) is 2.90. The number of carbonyl (C=O) groups is 1. The van der Waals surface area contributed by atoms with Gasteiger partial charge in [0.15, 0.2) is 0 Å². The number of ether oxygens (including phenoxy) is 1. The number of nitrogen functional groups attached to an aromatic ring is 1. The van der Waals surface area contributed by atoms with E-state index in [4.69, 9.17) is 10.5 Å². The highest BCUT2D eigenvalue weighted by Crippen LogP contribution is 2.25. The van der Waals surface area contributed by atoms with E-state index in [1.54, 1.807) is 0 Å². The molecule has 0 bridgehead atoms. The van der Waals surface area contributed by atoms with Gasteiger partial charge >= 0.3 is 5.97 Å². The van der Waals surface area contributed by atoms with Crippen molar-refractivity contribution in [3.05, 3.63) is 29.8 Å². The van der Waals surface area contributed by atoms with Crippen molar-refractivity contribution in [2.75, 3.05) is 12.3 Å². The van der Waals surface area contributed by atoms with E-state index in [1.165, 1.54) is 25.7 Å². The average molecular weight is 261 g/mol. The highest BCUT2D eigenvalue weighted by Gasteiger charge is 2.18. The molecule has 3 heteroatoms. The van der Waals surface area contributed by atoms with E-state index in [0.29, 0.717) is 18.9 Å². The van der Waals surface area contributed by atoms with Crippen LogP contribution in [0.4, 0.5) is 5.69 Å². The highest BCUT2D eigenvalue weighted by molar-refractivity contribution is 5.70. The van der Waals surface area contributed by atoms with E-state index in [1.807, 2.05) is 31.2 Å². The number of benzene rings is 1. The normalized spacial score (nSPS) is 17.3. The van der Waals surface area contributed by atoms with Gasteiger partial charge in [-0.3, -0.25) is 4.79 Å². The first-order chi connectivity index (χ1) is 9.15. The fourth-order valence-electron chi connectivity index (χ4n) is 2.64. The topological polar surface area (TPSA) is 52.3 Å². The first kappa shape index (κ1) is 13.9. The van der Waals surface area contributed by atoms with E-state index in [0.717, 1.165) is 11.3 Å². The quantitative estimate of drug-likeness (QED) is 0.652. The van der Waals surface area contributed by atoms with Crippen molar-refractivity contribution in [1.29, 1.82) is 0 Å². The van der Waals surface area contributed by atoms with Gasteiger partial charge in [-0.2, -0.15) is 0 Å². The van der Waals surface area contributed by atoms with Crippen molar-refractivity contribution in [3.8, 4) is 0 Å². The molecule has 1 aromatic rings. The van der Waals surface area contributed by atoms with Crippen LogP contribution in [0.5, 0.6) is 0 Å². The maximum Gasteiger partial charge on any atom is 0.306 e. The Kier molecular flexibility index (Phi) is 4.83. The van der Waals surface area contributed by atoms with Gasteiger partial charge < -0.3 is 10.5 Å². The SMILES string of the molecule is CC(CC(=O)OCC1CCCC1)c1ccc(N)cc1. The molecule has 1 aromatic carbocycles. The monoisotopic (exact) mass is 261 g/mol. The molecule has 0 amide bonds. The minimum Gasteiger partial charge on any atom is -0.465 e. The molecule has 3 nitrogen and oxygen atoms in total. The zero-order valence-electron chi connectivity index (χ0n) is 11.6. The first-order valence-corrected chi connectivity index (χ1v) is 7.16. The van der Waals surface area contributed by atoms with Gasteiger partial charge in [0.2, 0.25) is 0 Å². The predicted octanol–water partition coefficient (Wildman–Crippen LogP) is 3.50. The minimum atomic E-state index is -0.0868. The molecule has 0 heterocycles. The molecule has 0 saturated heterocycles. The van der Waals surface area contributed by atoms with E-state index >= 15 is 0 Å². The van der Waals surface area contributed by atoms with Crippen LogP contribution in [0.3, 0.4) is 0 Å². The number of anilines is 1. The van der Waals surface area contributed by atoms with Crippen molar-refractivity contribution < 1.29 is 9.53 Å². The van der Waals surface area contributed by atoms with E-state index in [2.05, 4.69) is 0 Å². The maximum absolute atomic E-state index is 11.8. The van der Waals surface area contributed by atoms with Crippen LogP contribution in [-0.4, -0.2) is 12.6 Å². The van der Waals surface area contributed by atoms with Gasteiger partial charge in [-0.15, -0.1) is 0 Å². The third-order valence-corrected chi connectivity index (χ3v) is 3.93. The molecule has 0 radical (unpaired) electrons. The molecular weight excluding hydrogens is 238 g/mol. The van der Waals surface area contributed by atoms with E-state index in [-0.39, 0.29) is 11.9 Å². The first-order valence-electron chi connectivity index (χ1n) is 7.16. The number of nitrogens with two attached hydrogens (primary N) is 1. The smallest absolute Gasteiger partial charge is 0.306 e. The van der Waals surface area contributed by atoms with Crippen molar-refractivity contribution in [1.82, 2.24) is 0 Å². The van der Waals surface area contributed by atoms with Gasteiger partial charge in [-0.05, 0) is 42.4 Å². The summed E-state index contributed by atoms with van der Waals surface area (Å²) in [5, 5.41) is 0. The molecule has 1 aliphatic carbocycles. The molecule has 0 aromatic heterocycles. The molecule has 1 atom stereocenters. The van der Waals surface area contributed by atoms with E-state index < -0.39 is 0 Å². The third-order valence-electron chi connectivity index (χ3n) is 3.93. The largest absolute Gasteiger partial charge is 0.465 e. The molecular formula is C16H23NO2. The molecule has 1 saturated carbocycles. The summed E-state index contributed by atoms with van der Waals surface area (Å²) in [7, 11) is 0. The summed E-state index contributed by atoms with van der Waals surface area (Å²) in [5.74, 6) is 0.684. The number of hydrogen-bond donors (Lipinski definition) is 1. The fraction of sp³-hybridized carbons (Fsp3) is 0.562. The number of esters is 1. The second kappa shape index (κ2) is 6.60. The Hall–Kier alpha value is -1.51.